The number of nitrogens with zero attached hydrogens (tertiary/aromatic N) is 2. The summed E-state index contributed by atoms with van der Waals surface area (Å²) in [6, 6.07) is 9.19. The van der Waals surface area contributed by atoms with Gasteiger partial charge < -0.3 is 19.7 Å². The molecule has 1 atom stereocenters. The Morgan fingerprint density at radius 2 is 1.83 bits per heavy atom. The van der Waals surface area contributed by atoms with Gasteiger partial charge in [0, 0.05) is 34.7 Å². The van der Waals surface area contributed by atoms with E-state index in [1.165, 1.54) is 30.7 Å². The van der Waals surface area contributed by atoms with Gasteiger partial charge in [-0.05, 0) is 61.4 Å². The van der Waals surface area contributed by atoms with E-state index in [0.717, 1.165) is 0 Å². The number of nitrogens with one attached hydrogen (secondary N) is 1. The summed E-state index contributed by atoms with van der Waals surface area (Å²) in [6.45, 7) is 5.50. The normalized spacial score (nSPS) is 15.7. The molecule has 10 heteroatoms. The highest BCUT2D eigenvalue weighted by Gasteiger charge is 2.34. The minimum absolute atomic E-state index is 0.110. The smallest absolute Gasteiger partial charge is 0.352 e. The second-order valence-corrected chi connectivity index (χ2v) is 11.6. The molecule has 0 amide bonds. The van der Waals surface area contributed by atoms with Crippen molar-refractivity contribution in [2.75, 3.05) is 24.0 Å². The Bertz CT molecular complexity index is 1460. The number of rotatable bonds is 5. The molecule has 184 valence electrons. The van der Waals surface area contributed by atoms with Crippen molar-refractivity contribution in [1.29, 1.82) is 0 Å². The highest BCUT2D eigenvalue weighted by molar-refractivity contribution is 7.92. The number of hydrogen-bond acceptors (Lipinski definition) is 6. The van der Waals surface area contributed by atoms with E-state index < -0.39 is 21.6 Å². The van der Waals surface area contributed by atoms with Gasteiger partial charge in [-0.2, -0.15) is 4.36 Å². The van der Waals surface area contributed by atoms with E-state index in [2.05, 4.69) is 9.35 Å². The first-order valence-corrected chi connectivity index (χ1v) is 13.2. The van der Waals surface area contributed by atoms with Crippen molar-refractivity contribution in [2.45, 2.75) is 20.8 Å². The van der Waals surface area contributed by atoms with Crippen LogP contribution < -0.4 is 9.64 Å². The van der Waals surface area contributed by atoms with E-state index in [-0.39, 0.29) is 29.5 Å². The number of anilines is 2. The number of H-pyrrole nitrogens is 1. The first-order chi connectivity index (χ1) is 16.3. The lowest BCUT2D eigenvalue weighted by Crippen LogP contribution is -2.34. The minimum Gasteiger partial charge on any atom is -0.477 e. The Balaban J connectivity index is 1.92. The number of carboxylic acid groups (broad SMARTS) is 1. The number of aryl methyl sites for hydroxylation is 2. The fourth-order valence-electron chi connectivity index (χ4n) is 4.17. The molecule has 4 rings (SSSR count). The van der Waals surface area contributed by atoms with E-state index in [4.69, 9.17) is 4.74 Å². The minimum atomic E-state index is -2.47. The van der Waals surface area contributed by atoms with Crippen molar-refractivity contribution >= 4 is 38.5 Å². The maximum Gasteiger partial charge on any atom is 0.352 e. The van der Waals surface area contributed by atoms with Crippen LogP contribution in [0.2, 0.25) is 0 Å². The van der Waals surface area contributed by atoms with Crippen LogP contribution >= 0.6 is 0 Å². The number of aromatic nitrogens is 1. The summed E-state index contributed by atoms with van der Waals surface area (Å²) in [7, 11) is -2.47. The zero-order chi connectivity index (χ0) is 25.7. The molecule has 3 aromatic rings. The number of aromatic carboxylic acids is 1. The van der Waals surface area contributed by atoms with E-state index in [9.17, 15) is 23.3 Å². The fourth-order valence-corrected chi connectivity index (χ4v) is 4.79. The molecule has 8 nitrogen and oxygen atoms in total. The molecule has 2 heterocycles. The Labute approximate surface area is 202 Å². The van der Waals surface area contributed by atoms with Crippen LogP contribution in [0.25, 0.3) is 0 Å². The molecular weight excluding hydrogens is 473 g/mol. The van der Waals surface area contributed by atoms with E-state index >= 15 is 0 Å². The van der Waals surface area contributed by atoms with Gasteiger partial charge in [0.25, 0.3) is 0 Å². The molecule has 1 aliphatic heterocycles. The Morgan fingerprint density at radius 3 is 2.43 bits per heavy atom. The number of halogens is 1. The molecule has 1 unspecified atom stereocenters. The fraction of sp³-hybridized carbons (Fsp3) is 0.280. The number of Topliss-reactive ketones (excluding diaryl/α,β-unsaturated/α-hetero) is 1. The second kappa shape index (κ2) is 8.84. The maximum absolute atomic E-state index is 13.9. The van der Waals surface area contributed by atoms with Crippen molar-refractivity contribution in [3.63, 3.8) is 0 Å². The number of ketones is 1. The number of carbonyl (C=O) groups is 2. The van der Waals surface area contributed by atoms with Crippen LogP contribution in [0.1, 0.15) is 39.0 Å². The highest BCUT2D eigenvalue weighted by atomic mass is 32.2. The molecule has 0 bridgehead atoms. The van der Waals surface area contributed by atoms with Gasteiger partial charge in [0.2, 0.25) is 0 Å². The lowest BCUT2D eigenvalue weighted by atomic mass is 9.97. The molecule has 2 aromatic carbocycles. The van der Waals surface area contributed by atoms with Crippen LogP contribution in [-0.2, 0) is 9.73 Å². The summed E-state index contributed by atoms with van der Waals surface area (Å²) < 4.78 is 36.8. The summed E-state index contributed by atoms with van der Waals surface area (Å²) >= 11 is 0. The SMILES string of the molecule is Cc1cc(F)cc(C)c1Oc1ccc(N=S(C)(C)=O)cc1N1CC(C)C(=O)c2[nH]c(C(=O)O)cc21. The summed E-state index contributed by atoms with van der Waals surface area (Å²) in [5.41, 5.74) is 2.63. The zero-order valence-corrected chi connectivity index (χ0v) is 20.8. The van der Waals surface area contributed by atoms with Gasteiger partial charge in [-0.3, -0.25) is 4.79 Å². The Morgan fingerprint density at radius 1 is 1.17 bits per heavy atom. The monoisotopic (exact) mass is 499 g/mol. The quantitative estimate of drug-likeness (QED) is 0.473. The molecule has 0 fully saturated rings. The predicted molar refractivity (Wildman–Crippen MR) is 133 cm³/mol. The number of ether oxygens (including phenoxy) is 1. The lowest BCUT2D eigenvalue weighted by molar-refractivity contribution is 0.0691. The first-order valence-electron chi connectivity index (χ1n) is 10.9. The molecule has 2 N–H and O–H groups in total. The van der Waals surface area contributed by atoms with Gasteiger partial charge >= 0.3 is 5.97 Å². The van der Waals surface area contributed by atoms with Crippen LogP contribution in [0.5, 0.6) is 11.5 Å². The van der Waals surface area contributed by atoms with Gasteiger partial charge in [-0.1, -0.05) is 6.92 Å². The lowest BCUT2D eigenvalue weighted by Gasteiger charge is -2.33. The van der Waals surface area contributed by atoms with Crippen molar-refractivity contribution in [3.05, 3.63) is 64.7 Å². The van der Waals surface area contributed by atoms with Crippen molar-refractivity contribution < 1.29 is 28.0 Å². The van der Waals surface area contributed by atoms with Crippen molar-refractivity contribution in [1.82, 2.24) is 4.98 Å². The molecule has 0 aliphatic carbocycles. The van der Waals surface area contributed by atoms with Gasteiger partial charge in [-0.25, -0.2) is 13.4 Å². The van der Waals surface area contributed by atoms with Gasteiger partial charge in [0.05, 0.1) is 17.1 Å². The predicted octanol–water partition coefficient (Wildman–Crippen LogP) is 5.59. The van der Waals surface area contributed by atoms with E-state index in [0.29, 0.717) is 39.7 Å². The molecule has 0 saturated carbocycles. The number of benzene rings is 2. The zero-order valence-electron chi connectivity index (χ0n) is 20.0. The average Bonchev–Trinajstić information content (AvgIpc) is 3.19. The average molecular weight is 500 g/mol. The largest absolute Gasteiger partial charge is 0.477 e. The third-order valence-electron chi connectivity index (χ3n) is 5.66. The standard InChI is InChI=1S/C25H26FN3O5S/c1-13-8-16(26)9-14(2)24(13)34-21-7-6-17(28-35(4,5)33)10-19(21)29-12-15(3)23(30)22-20(29)11-18(27-22)25(31)32/h6-11,15,27H,12H2,1-5H3,(H,31,32). The Hall–Kier alpha value is -3.66. The number of aromatic amines is 1. The first kappa shape index (κ1) is 24.5. The van der Waals surface area contributed by atoms with E-state index in [1.54, 1.807) is 43.9 Å². The number of carboxylic acids is 1. The van der Waals surface area contributed by atoms with Crippen molar-refractivity contribution in [3.8, 4) is 11.5 Å². The van der Waals surface area contributed by atoms with Crippen LogP contribution in [-0.4, -0.2) is 45.1 Å². The number of carbonyl (C=O) groups excluding carboxylic acids is 1. The van der Waals surface area contributed by atoms with Crippen LogP contribution in [0, 0.1) is 25.6 Å². The summed E-state index contributed by atoms with van der Waals surface area (Å²) in [6.07, 6.45) is 3.04. The Kier molecular flexibility index (Phi) is 6.18. The topological polar surface area (TPSA) is 112 Å². The summed E-state index contributed by atoms with van der Waals surface area (Å²) in [4.78, 5) is 28.9. The van der Waals surface area contributed by atoms with Gasteiger partial charge in [0.1, 0.15) is 23.0 Å². The van der Waals surface area contributed by atoms with Gasteiger partial charge in [-0.15, -0.1) is 0 Å². The van der Waals surface area contributed by atoms with E-state index in [1.807, 2.05) is 0 Å². The summed E-state index contributed by atoms with van der Waals surface area (Å²) in [5, 5.41) is 9.48. The molecule has 1 aliphatic rings. The highest BCUT2D eigenvalue weighted by Crippen LogP contribution is 2.44. The molecule has 0 saturated heterocycles. The van der Waals surface area contributed by atoms with Gasteiger partial charge in [0.15, 0.2) is 11.5 Å². The molecule has 0 spiro atoms. The third-order valence-corrected chi connectivity index (χ3v) is 6.31. The van der Waals surface area contributed by atoms with Crippen molar-refractivity contribution in [2.24, 2.45) is 10.3 Å². The molecule has 35 heavy (non-hydrogen) atoms. The molecule has 0 radical (unpaired) electrons. The summed E-state index contributed by atoms with van der Waals surface area (Å²) in [5.74, 6) is -1.31. The molecular formula is C25H26FN3O5S. The third kappa shape index (κ3) is 4.93. The maximum atomic E-state index is 13.9. The van der Waals surface area contributed by atoms with Crippen LogP contribution in [0.3, 0.4) is 0 Å². The van der Waals surface area contributed by atoms with Crippen LogP contribution in [0.15, 0.2) is 40.8 Å². The van der Waals surface area contributed by atoms with Crippen LogP contribution in [0.4, 0.5) is 21.5 Å². The second-order valence-electron chi connectivity index (χ2n) is 9.02. The number of hydrogen-bond donors (Lipinski definition) is 2. The number of fused-ring (bicyclic) bond motifs is 1. The molecule has 1 aromatic heterocycles.